The summed E-state index contributed by atoms with van der Waals surface area (Å²) >= 11 is 0. The Balaban J connectivity index is 1.87. The van der Waals surface area contributed by atoms with Gasteiger partial charge in [-0.3, -0.25) is 4.79 Å². The summed E-state index contributed by atoms with van der Waals surface area (Å²) in [5.41, 5.74) is 3.25. The molecule has 112 valence electrons. The summed E-state index contributed by atoms with van der Waals surface area (Å²) in [6.45, 7) is 0.918. The van der Waals surface area contributed by atoms with Crippen LogP contribution in [0.1, 0.15) is 43.2 Å². The van der Waals surface area contributed by atoms with E-state index < -0.39 is 0 Å². The predicted octanol–water partition coefficient (Wildman–Crippen LogP) is 2.91. The van der Waals surface area contributed by atoms with Crippen LogP contribution in [0.4, 0.5) is 0 Å². The molecule has 1 amide bonds. The molecular formula is C18H23NO2. The highest BCUT2D eigenvalue weighted by Crippen LogP contribution is 2.55. The molecule has 1 aromatic carbocycles. The van der Waals surface area contributed by atoms with E-state index in [2.05, 4.69) is 23.1 Å². The maximum absolute atomic E-state index is 11.5. The van der Waals surface area contributed by atoms with Gasteiger partial charge in [-0.05, 0) is 54.9 Å². The molecule has 3 atom stereocenters. The van der Waals surface area contributed by atoms with E-state index in [1.807, 2.05) is 0 Å². The number of piperidine rings is 1. The topological polar surface area (TPSA) is 29.5 Å². The van der Waals surface area contributed by atoms with E-state index in [9.17, 15) is 4.79 Å². The van der Waals surface area contributed by atoms with Crippen molar-refractivity contribution in [3.05, 3.63) is 29.3 Å². The van der Waals surface area contributed by atoms with Crippen molar-refractivity contribution in [3.63, 3.8) is 0 Å². The number of rotatable bonds is 2. The largest absolute Gasteiger partial charge is 0.497 e. The molecule has 1 saturated carbocycles. The van der Waals surface area contributed by atoms with Crippen LogP contribution in [0.25, 0.3) is 0 Å². The molecule has 0 radical (unpaired) electrons. The zero-order valence-electron chi connectivity index (χ0n) is 12.7. The Kier molecular flexibility index (Phi) is 2.98. The van der Waals surface area contributed by atoms with Gasteiger partial charge in [0, 0.05) is 18.0 Å². The van der Waals surface area contributed by atoms with Crippen LogP contribution in [0.2, 0.25) is 0 Å². The Morgan fingerprint density at radius 3 is 3.05 bits per heavy atom. The van der Waals surface area contributed by atoms with Gasteiger partial charge in [-0.25, -0.2) is 0 Å². The third-order valence-corrected chi connectivity index (χ3v) is 6.22. The van der Waals surface area contributed by atoms with Crippen LogP contribution in [0.5, 0.6) is 5.75 Å². The molecular weight excluding hydrogens is 262 g/mol. The second-order valence-electron chi connectivity index (χ2n) is 6.90. The van der Waals surface area contributed by atoms with Gasteiger partial charge >= 0.3 is 0 Å². The number of fused-ring (bicyclic) bond motifs is 1. The number of likely N-dealkylation sites (tertiary alicyclic amines) is 1. The first kappa shape index (κ1) is 13.2. The molecule has 4 rings (SSSR count). The smallest absolute Gasteiger partial charge is 0.209 e. The molecule has 3 nitrogen and oxygen atoms in total. The molecule has 0 aromatic heterocycles. The zero-order chi connectivity index (χ0) is 14.4. The van der Waals surface area contributed by atoms with Crippen molar-refractivity contribution in [2.45, 2.75) is 50.0 Å². The number of benzene rings is 1. The molecule has 2 bridgehead atoms. The lowest BCUT2D eigenvalue weighted by molar-refractivity contribution is -0.126. The summed E-state index contributed by atoms with van der Waals surface area (Å²) in [7, 11) is 1.75. The van der Waals surface area contributed by atoms with Gasteiger partial charge in [0.15, 0.2) is 0 Å². The van der Waals surface area contributed by atoms with Crippen LogP contribution >= 0.6 is 0 Å². The van der Waals surface area contributed by atoms with Gasteiger partial charge in [-0.15, -0.1) is 0 Å². The summed E-state index contributed by atoms with van der Waals surface area (Å²) in [4.78, 5) is 13.5. The average molecular weight is 285 g/mol. The quantitative estimate of drug-likeness (QED) is 0.782. The van der Waals surface area contributed by atoms with Crippen LogP contribution < -0.4 is 4.74 Å². The maximum Gasteiger partial charge on any atom is 0.209 e. The SMILES string of the molecule is COc1ccc2c(c1)[C@]13CCCC[C@@H]1C(C2)N(C=O)CC3. The second-order valence-corrected chi connectivity index (χ2v) is 6.90. The molecule has 0 spiro atoms. The third kappa shape index (κ3) is 1.76. The highest BCUT2D eigenvalue weighted by atomic mass is 16.5. The minimum absolute atomic E-state index is 0.296. The molecule has 2 fully saturated rings. The van der Waals surface area contributed by atoms with Gasteiger partial charge in [0.1, 0.15) is 5.75 Å². The van der Waals surface area contributed by atoms with Gasteiger partial charge in [0.25, 0.3) is 0 Å². The number of carbonyl (C=O) groups is 1. The first-order chi connectivity index (χ1) is 10.3. The minimum atomic E-state index is 0.296. The van der Waals surface area contributed by atoms with E-state index in [4.69, 9.17) is 4.74 Å². The zero-order valence-corrected chi connectivity index (χ0v) is 12.7. The number of amides is 1. The molecule has 1 heterocycles. The van der Waals surface area contributed by atoms with E-state index in [1.165, 1.54) is 36.8 Å². The van der Waals surface area contributed by atoms with Crippen molar-refractivity contribution in [2.75, 3.05) is 13.7 Å². The molecule has 21 heavy (non-hydrogen) atoms. The number of carbonyl (C=O) groups excluding carboxylic acids is 1. The van der Waals surface area contributed by atoms with Gasteiger partial charge in [0.2, 0.25) is 6.41 Å². The van der Waals surface area contributed by atoms with Crippen molar-refractivity contribution >= 4 is 6.41 Å². The standard InChI is InChI=1S/C18H23NO2/c1-21-14-6-5-13-10-17-15-4-2-3-7-18(15,16(13)11-14)8-9-19(17)12-20/h5-6,11-12,15,17H,2-4,7-10H2,1H3/t15-,17?,18+/m1/s1. The first-order valence-electron chi connectivity index (χ1n) is 8.17. The van der Waals surface area contributed by atoms with E-state index in [0.717, 1.165) is 31.5 Å². The Hall–Kier alpha value is -1.51. The fourth-order valence-electron chi connectivity index (χ4n) is 5.27. The van der Waals surface area contributed by atoms with Crippen LogP contribution in [-0.2, 0) is 16.6 Å². The van der Waals surface area contributed by atoms with Gasteiger partial charge in [-0.1, -0.05) is 18.9 Å². The molecule has 1 aromatic rings. The van der Waals surface area contributed by atoms with E-state index in [0.29, 0.717) is 17.4 Å². The minimum Gasteiger partial charge on any atom is -0.497 e. The molecule has 1 aliphatic heterocycles. The lowest BCUT2D eigenvalue weighted by atomic mass is 9.52. The Morgan fingerprint density at radius 1 is 1.33 bits per heavy atom. The number of nitrogens with zero attached hydrogens (tertiary/aromatic N) is 1. The normalized spacial score (nSPS) is 33.9. The van der Waals surface area contributed by atoms with Crippen molar-refractivity contribution in [3.8, 4) is 5.75 Å². The fraction of sp³-hybridized carbons (Fsp3) is 0.611. The van der Waals surface area contributed by atoms with Crippen LogP contribution in [0, 0.1) is 5.92 Å². The van der Waals surface area contributed by atoms with Crippen LogP contribution in [-0.4, -0.2) is 31.0 Å². The monoisotopic (exact) mass is 285 g/mol. The number of ether oxygens (including phenoxy) is 1. The summed E-state index contributed by atoms with van der Waals surface area (Å²) in [6, 6.07) is 6.99. The van der Waals surface area contributed by atoms with Gasteiger partial charge in [-0.2, -0.15) is 0 Å². The number of hydrogen-bond acceptors (Lipinski definition) is 2. The van der Waals surface area contributed by atoms with Crippen molar-refractivity contribution < 1.29 is 9.53 Å². The predicted molar refractivity (Wildman–Crippen MR) is 81.5 cm³/mol. The number of methoxy groups -OCH3 is 1. The Morgan fingerprint density at radius 2 is 2.24 bits per heavy atom. The first-order valence-corrected chi connectivity index (χ1v) is 8.17. The highest BCUT2D eigenvalue weighted by molar-refractivity contribution is 5.52. The maximum atomic E-state index is 11.5. The van der Waals surface area contributed by atoms with E-state index in [-0.39, 0.29) is 0 Å². The lowest BCUT2D eigenvalue weighted by Crippen LogP contribution is -2.60. The van der Waals surface area contributed by atoms with Crippen LogP contribution in [0.3, 0.4) is 0 Å². The molecule has 3 aliphatic rings. The number of hydrogen-bond donors (Lipinski definition) is 0. The Labute approximate surface area is 126 Å². The summed E-state index contributed by atoms with van der Waals surface area (Å²) in [6.07, 6.45) is 8.40. The highest BCUT2D eigenvalue weighted by Gasteiger charge is 2.53. The van der Waals surface area contributed by atoms with Crippen LogP contribution in [0.15, 0.2) is 18.2 Å². The van der Waals surface area contributed by atoms with Crippen molar-refractivity contribution in [2.24, 2.45) is 5.92 Å². The van der Waals surface area contributed by atoms with Gasteiger partial charge in [0.05, 0.1) is 7.11 Å². The lowest BCUT2D eigenvalue weighted by Gasteiger charge is -2.58. The Bertz CT molecular complexity index is 570. The van der Waals surface area contributed by atoms with Gasteiger partial charge < -0.3 is 9.64 Å². The second kappa shape index (κ2) is 4.75. The summed E-state index contributed by atoms with van der Waals surface area (Å²) in [5.74, 6) is 1.62. The molecule has 2 aliphatic carbocycles. The summed E-state index contributed by atoms with van der Waals surface area (Å²) < 4.78 is 5.47. The summed E-state index contributed by atoms with van der Waals surface area (Å²) in [5, 5.41) is 0. The molecule has 3 heteroatoms. The molecule has 1 unspecified atom stereocenters. The molecule has 1 saturated heterocycles. The average Bonchev–Trinajstić information content (AvgIpc) is 2.54. The third-order valence-electron chi connectivity index (χ3n) is 6.22. The fourth-order valence-corrected chi connectivity index (χ4v) is 5.27. The van der Waals surface area contributed by atoms with E-state index in [1.54, 1.807) is 7.11 Å². The molecule has 0 N–H and O–H groups in total. The van der Waals surface area contributed by atoms with E-state index >= 15 is 0 Å². The van der Waals surface area contributed by atoms with Crippen molar-refractivity contribution in [1.29, 1.82) is 0 Å². The van der Waals surface area contributed by atoms with Crippen molar-refractivity contribution in [1.82, 2.24) is 4.90 Å².